The van der Waals surface area contributed by atoms with E-state index in [1.165, 1.54) is 19.3 Å². The summed E-state index contributed by atoms with van der Waals surface area (Å²) < 4.78 is 10.8. The number of ether oxygens (including phenoxy) is 2. The average Bonchev–Trinajstić information content (AvgIpc) is 3.22. The van der Waals surface area contributed by atoms with Crippen LogP contribution >= 0.6 is 0 Å². The predicted molar refractivity (Wildman–Crippen MR) is 82.3 cm³/mol. The maximum atomic E-state index is 11.7. The molecule has 1 heterocycles. The second-order valence-corrected chi connectivity index (χ2v) is 7.32. The number of nitrogens with one attached hydrogen (secondary N) is 2. The van der Waals surface area contributed by atoms with Crippen LogP contribution in [-0.4, -0.2) is 44.0 Å². The highest BCUT2D eigenvalue weighted by molar-refractivity contribution is 5.67. The molecule has 0 radical (unpaired) electrons. The average molecular weight is 298 g/mol. The second kappa shape index (κ2) is 7.45. The molecule has 0 aromatic heterocycles. The smallest absolute Gasteiger partial charge is 0.407 e. The molecule has 1 saturated heterocycles. The van der Waals surface area contributed by atoms with Crippen molar-refractivity contribution in [2.75, 3.05) is 26.3 Å². The van der Waals surface area contributed by atoms with Gasteiger partial charge in [-0.2, -0.15) is 0 Å². The van der Waals surface area contributed by atoms with E-state index in [1.54, 1.807) is 0 Å². The summed E-state index contributed by atoms with van der Waals surface area (Å²) >= 11 is 0. The summed E-state index contributed by atoms with van der Waals surface area (Å²) in [4.78, 5) is 11.7. The Hall–Kier alpha value is -0.810. The molecule has 1 saturated carbocycles. The van der Waals surface area contributed by atoms with Gasteiger partial charge < -0.3 is 20.1 Å². The van der Waals surface area contributed by atoms with Crippen molar-refractivity contribution in [2.24, 2.45) is 11.8 Å². The van der Waals surface area contributed by atoms with Gasteiger partial charge in [0.15, 0.2) is 0 Å². The van der Waals surface area contributed by atoms with E-state index in [1.807, 2.05) is 20.8 Å². The number of hydrogen-bond donors (Lipinski definition) is 2. The van der Waals surface area contributed by atoms with Gasteiger partial charge in [-0.3, -0.25) is 0 Å². The lowest BCUT2D eigenvalue weighted by Gasteiger charge is -2.26. The van der Waals surface area contributed by atoms with Crippen LogP contribution in [0.4, 0.5) is 4.79 Å². The van der Waals surface area contributed by atoms with Gasteiger partial charge in [-0.05, 0) is 58.3 Å². The molecule has 1 aliphatic heterocycles. The molecule has 2 fully saturated rings. The fraction of sp³-hybridized carbons (Fsp3) is 0.938. The number of carbonyl (C=O) groups excluding carboxylic acids is 1. The number of alkyl carbamates (subject to hydrolysis) is 1. The topological polar surface area (TPSA) is 59.6 Å². The largest absolute Gasteiger partial charge is 0.444 e. The minimum absolute atomic E-state index is 0.323. The Balaban J connectivity index is 1.68. The molecule has 122 valence electrons. The third kappa shape index (κ3) is 6.66. The van der Waals surface area contributed by atoms with E-state index in [0.717, 1.165) is 26.2 Å². The molecular formula is C16H30N2O3. The lowest BCUT2D eigenvalue weighted by atomic mass is 10.0. The first-order valence-corrected chi connectivity index (χ1v) is 8.22. The maximum Gasteiger partial charge on any atom is 0.407 e. The van der Waals surface area contributed by atoms with E-state index in [2.05, 4.69) is 10.6 Å². The monoisotopic (exact) mass is 298 g/mol. The summed E-state index contributed by atoms with van der Waals surface area (Å²) in [7, 11) is 0. The van der Waals surface area contributed by atoms with Crippen LogP contribution in [-0.2, 0) is 9.47 Å². The number of rotatable bonds is 6. The minimum Gasteiger partial charge on any atom is -0.444 e. The molecule has 2 N–H and O–H groups in total. The first-order chi connectivity index (χ1) is 9.94. The van der Waals surface area contributed by atoms with E-state index in [9.17, 15) is 4.79 Å². The number of amides is 1. The zero-order valence-electron chi connectivity index (χ0n) is 13.6. The van der Waals surface area contributed by atoms with Crippen molar-refractivity contribution in [3.63, 3.8) is 0 Å². The van der Waals surface area contributed by atoms with Crippen LogP contribution < -0.4 is 10.6 Å². The highest BCUT2D eigenvalue weighted by atomic mass is 16.6. The molecule has 0 spiro atoms. The lowest BCUT2D eigenvalue weighted by Crippen LogP contribution is -2.46. The molecule has 0 aromatic rings. The van der Waals surface area contributed by atoms with Crippen molar-refractivity contribution in [2.45, 2.75) is 58.1 Å². The highest BCUT2D eigenvalue weighted by Gasteiger charge is 2.32. The Labute approximate surface area is 128 Å². The quantitative estimate of drug-likeness (QED) is 0.790. The Morgan fingerprint density at radius 1 is 1.33 bits per heavy atom. The standard InChI is InChI=1S/C16H30N2O3/c1-16(2,3)21-15(19)18-10-14(13-6-7-13)17-9-12-5-4-8-20-11-12/h12-14,17H,4-11H2,1-3H3,(H,18,19). The van der Waals surface area contributed by atoms with Gasteiger partial charge in [-0.1, -0.05) is 0 Å². The summed E-state index contributed by atoms with van der Waals surface area (Å²) in [5.41, 5.74) is -0.438. The fourth-order valence-corrected chi connectivity index (χ4v) is 2.70. The van der Waals surface area contributed by atoms with E-state index in [0.29, 0.717) is 24.4 Å². The van der Waals surface area contributed by atoms with Crippen LogP contribution in [0.5, 0.6) is 0 Å². The molecule has 5 nitrogen and oxygen atoms in total. The van der Waals surface area contributed by atoms with Crippen molar-refractivity contribution in [3.05, 3.63) is 0 Å². The summed E-state index contributed by atoms with van der Waals surface area (Å²) in [6.07, 6.45) is 4.60. The zero-order valence-corrected chi connectivity index (χ0v) is 13.6. The van der Waals surface area contributed by atoms with Gasteiger partial charge >= 0.3 is 6.09 Å². The Bertz CT molecular complexity index is 331. The summed E-state index contributed by atoms with van der Waals surface area (Å²) in [5, 5.41) is 6.51. The van der Waals surface area contributed by atoms with Crippen LogP contribution in [0, 0.1) is 11.8 Å². The van der Waals surface area contributed by atoms with E-state index in [4.69, 9.17) is 9.47 Å². The molecule has 2 unspecified atom stereocenters. The van der Waals surface area contributed by atoms with Crippen molar-refractivity contribution in [3.8, 4) is 0 Å². The predicted octanol–water partition coefficient (Wildman–Crippen LogP) is 2.31. The molecular weight excluding hydrogens is 268 g/mol. The van der Waals surface area contributed by atoms with Gasteiger partial charge in [-0.15, -0.1) is 0 Å². The molecule has 1 amide bonds. The normalized spacial score (nSPS) is 24.4. The fourth-order valence-electron chi connectivity index (χ4n) is 2.70. The Kier molecular flexibility index (Phi) is 5.88. The Morgan fingerprint density at radius 2 is 2.10 bits per heavy atom. The minimum atomic E-state index is -0.438. The summed E-state index contributed by atoms with van der Waals surface area (Å²) in [5.74, 6) is 1.31. The van der Waals surface area contributed by atoms with Gasteiger partial charge in [0.05, 0.1) is 6.61 Å². The first-order valence-electron chi connectivity index (χ1n) is 8.22. The maximum absolute atomic E-state index is 11.7. The SMILES string of the molecule is CC(C)(C)OC(=O)NCC(NCC1CCCOC1)C1CC1. The third-order valence-corrected chi connectivity index (χ3v) is 3.98. The van der Waals surface area contributed by atoms with Gasteiger partial charge in [0.1, 0.15) is 5.60 Å². The number of hydrogen-bond acceptors (Lipinski definition) is 4. The van der Waals surface area contributed by atoms with Gasteiger partial charge in [0, 0.05) is 25.7 Å². The van der Waals surface area contributed by atoms with Gasteiger partial charge in [0.25, 0.3) is 0 Å². The molecule has 2 rings (SSSR count). The van der Waals surface area contributed by atoms with Crippen LogP contribution in [0.3, 0.4) is 0 Å². The first kappa shape index (κ1) is 16.6. The lowest BCUT2D eigenvalue weighted by molar-refractivity contribution is 0.0497. The third-order valence-electron chi connectivity index (χ3n) is 3.98. The van der Waals surface area contributed by atoms with Gasteiger partial charge in [-0.25, -0.2) is 4.79 Å². The molecule has 21 heavy (non-hydrogen) atoms. The molecule has 0 aromatic carbocycles. The molecule has 0 bridgehead atoms. The molecule has 1 aliphatic carbocycles. The van der Waals surface area contributed by atoms with E-state index >= 15 is 0 Å². The van der Waals surface area contributed by atoms with Crippen LogP contribution in [0.2, 0.25) is 0 Å². The van der Waals surface area contributed by atoms with Crippen molar-refractivity contribution in [1.82, 2.24) is 10.6 Å². The van der Waals surface area contributed by atoms with Crippen molar-refractivity contribution < 1.29 is 14.3 Å². The number of carbonyl (C=O) groups is 1. The van der Waals surface area contributed by atoms with E-state index < -0.39 is 5.60 Å². The molecule has 2 atom stereocenters. The molecule has 5 heteroatoms. The molecule has 2 aliphatic rings. The zero-order chi connectivity index (χ0) is 15.3. The van der Waals surface area contributed by atoms with Crippen molar-refractivity contribution >= 4 is 6.09 Å². The van der Waals surface area contributed by atoms with Crippen LogP contribution in [0.25, 0.3) is 0 Å². The van der Waals surface area contributed by atoms with Gasteiger partial charge in [0.2, 0.25) is 0 Å². The van der Waals surface area contributed by atoms with E-state index in [-0.39, 0.29) is 6.09 Å². The van der Waals surface area contributed by atoms with Crippen LogP contribution in [0.15, 0.2) is 0 Å². The summed E-state index contributed by atoms with van der Waals surface area (Å²) in [6, 6.07) is 0.361. The van der Waals surface area contributed by atoms with Crippen LogP contribution in [0.1, 0.15) is 46.5 Å². The second-order valence-electron chi connectivity index (χ2n) is 7.32. The Morgan fingerprint density at radius 3 is 2.67 bits per heavy atom. The highest BCUT2D eigenvalue weighted by Crippen LogP contribution is 2.32. The van der Waals surface area contributed by atoms with Crippen molar-refractivity contribution in [1.29, 1.82) is 0 Å². The summed E-state index contributed by atoms with van der Waals surface area (Å²) in [6.45, 7) is 9.04.